The highest BCUT2D eigenvalue weighted by Crippen LogP contribution is 2.10. The third kappa shape index (κ3) is 4.14. The first-order valence-corrected chi connectivity index (χ1v) is 5.91. The van der Waals surface area contributed by atoms with E-state index in [1.54, 1.807) is 6.07 Å². The highest BCUT2D eigenvalue weighted by Gasteiger charge is 2.24. The Kier molecular flexibility index (Phi) is 5.30. The third-order valence-corrected chi connectivity index (χ3v) is 2.91. The number of carbonyl (C=O) groups is 2. The molecule has 1 unspecified atom stereocenters. The standard InChI is InChI=1S/C11H14N6O3/c12-5-8(14)9(6-13)16-10(18)15-7-1-3-17(4-2-7)11(19)20/h7,9,14H,1-4H2,(H,19,20)(H2,15,16,18). The lowest BCUT2D eigenvalue weighted by molar-refractivity contribution is 0.129. The Morgan fingerprint density at radius 3 is 2.40 bits per heavy atom. The SMILES string of the molecule is N#CC(=N)C(C#N)NC(=O)NC1CCN(C(=O)O)CC1. The van der Waals surface area contributed by atoms with Crippen molar-refractivity contribution in [1.82, 2.24) is 15.5 Å². The zero-order valence-electron chi connectivity index (χ0n) is 10.6. The third-order valence-electron chi connectivity index (χ3n) is 2.91. The molecule has 0 aromatic carbocycles. The Labute approximate surface area is 115 Å². The fourth-order valence-corrected chi connectivity index (χ4v) is 1.81. The number of urea groups is 1. The van der Waals surface area contributed by atoms with Crippen LogP contribution in [0.3, 0.4) is 0 Å². The second-order valence-electron chi connectivity index (χ2n) is 4.25. The number of nitriles is 2. The molecule has 1 rings (SSSR count). The van der Waals surface area contributed by atoms with Gasteiger partial charge >= 0.3 is 12.1 Å². The molecule has 9 heteroatoms. The van der Waals surface area contributed by atoms with Crippen molar-refractivity contribution in [2.75, 3.05) is 13.1 Å². The van der Waals surface area contributed by atoms with Gasteiger partial charge in [-0.2, -0.15) is 10.5 Å². The number of nitrogens with one attached hydrogen (secondary N) is 3. The Morgan fingerprint density at radius 2 is 1.95 bits per heavy atom. The van der Waals surface area contributed by atoms with Gasteiger partial charge in [0.15, 0.2) is 6.04 Å². The van der Waals surface area contributed by atoms with Crippen LogP contribution in [0, 0.1) is 28.1 Å². The predicted molar refractivity (Wildman–Crippen MR) is 67.0 cm³/mol. The Balaban J connectivity index is 2.41. The highest BCUT2D eigenvalue weighted by molar-refractivity contribution is 6.03. The normalized spacial score (nSPS) is 16.4. The zero-order chi connectivity index (χ0) is 15.1. The molecular weight excluding hydrogens is 264 g/mol. The summed E-state index contributed by atoms with van der Waals surface area (Å²) in [7, 11) is 0. The van der Waals surface area contributed by atoms with E-state index in [9.17, 15) is 9.59 Å². The molecule has 1 fully saturated rings. The number of carboxylic acid groups (broad SMARTS) is 1. The lowest BCUT2D eigenvalue weighted by Gasteiger charge is -2.30. The molecule has 1 heterocycles. The van der Waals surface area contributed by atoms with Crippen LogP contribution in [0.4, 0.5) is 9.59 Å². The van der Waals surface area contributed by atoms with Crippen molar-refractivity contribution in [3.8, 4) is 12.1 Å². The van der Waals surface area contributed by atoms with Crippen LogP contribution < -0.4 is 10.6 Å². The lowest BCUT2D eigenvalue weighted by Crippen LogP contribution is -2.51. The van der Waals surface area contributed by atoms with E-state index in [0.717, 1.165) is 0 Å². The topological polar surface area (TPSA) is 153 Å². The van der Waals surface area contributed by atoms with Gasteiger partial charge in [-0.25, -0.2) is 9.59 Å². The number of amides is 3. The second-order valence-corrected chi connectivity index (χ2v) is 4.25. The average Bonchev–Trinajstić information content (AvgIpc) is 2.44. The van der Waals surface area contributed by atoms with Gasteiger partial charge < -0.3 is 20.6 Å². The molecular formula is C11H14N6O3. The quantitative estimate of drug-likeness (QED) is 0.529. The molecule has 20 heavy (non-hydrogen) atoms. The molecule has 106 valence electrons. The first-order chi connectivity index (χ1) is 9.47. The summed E-state index contributed by atoms with van der Waals surface area (Å²) in [6.07, 6.45) is -0.0286. The van der Waals surface area contributed by atoms with Gasteiger partial charge in [-0.1, -0.05) is 0 Å². The molecule has 0 bridgehead atoms. The maximum Gasteiger partial charge on any atom is 0.407 e. The predicted octanol–water partition coefficient (Wildman–Crippen LogP) is -0.136. The summed E-state index contributed by atoms with van der Waals surface area (Å²) in [5.74, 6) is 0. The van der Waals surface area contributed by atoms with Gasteiger partial charge in [0.1, 0.15) is 11.8 Å². The largest absolute Gasteiger partial charge is 0.465 e. The van der Waals surface area contributed by atoms with Crippen molar-refractivity contribution in [1.29, 1.82) is 15.9 Å². The monoisotopic (exact) mass is 278 g/mol. The first kappa shape index (κ1) is 15.2. The summed E-state index contributed by atoms with van der Waals surface area (Å²) in [5.41, 5.74) is -0.539. The molecule has 1 saturated heterocycles. The number of hydrogen-bond acceptors (Lipinski definition) is 5. The molecule has 0 aromatic heterocycles. The van der Waals surface area contributed by atoms with Gasteiger partial charge in [-0.3, -0.25) is 5.41 Å². The molecule has 0 spiro atoms. The molecule has 1 aliphatic heterocycles. The number of piperidine rings is 1. The molecule has 9 nitrogen and oxygen atoms in total. The smallest absolute Gasteiger partial charge is 0.407 e. The fourth-order valence-electron chi connectivity index (χ4n) is 1.81. The van der Waals surface area contributed by atoms with E-state index in [1.165, 1.54) is 11.0 Å². The van der Waals surface area contributed by atoms with Gasteiger partial charge in [0, 0.05) is 19.1 Å². The number of nitrogens with zero attached hydrogens (tertiary/aromatic N) is 3. The van der Waals surface area contributed by atoms with Crippen molar-refractivity contribution in [3.05, 3.63) is 0 Å². The number of likely N-dealkylation sites (tertiary alicyclic amines) is 1. The summed E-state index contributed by atoms with van der Waals surface area (Å²) in [5, 5.41) is 38.0. The van der Waals surface area contributed by atoms with Gasteiger partial charge in [-0.05, 0) is 12.8 Å². The minimum absolute atomic E-state index is 0.193. The summed E-state index contributed by atoms with van der Waals surface area (Å²) in [6, 6.07) is 1.01. The van der Waals surface area contributed by atoms with Gasteiger partial charge in [0.05, 0.1) is 6.07 Å². The van der Waals surface area contributed by atoms with Crippen LogP contribution >= 0.6 is 0 Å². The molecule has 4 N–H and O–H groups in total. The Morgan fingerprint density at radius 1 is 1.35 bits per heavy atom. The van der Waals surface area contributed by atoms with Crippen molar-refractivity contribution >= 4 is 17.8 Å². The van der Waals surface area contributed by atoms with E-state index in [2.05, 4.69) is 10.6 Å². The van der Waals surface area contributed by atoms with Crippen molar-refractivity contribution < 1.29 is 14.7 Å². The first-order valence-electron chi connectivity index (χ1n) is 5.91. The Hall–Kier alpha value is -2.81. The molecule has 1 atom stereocenters. The minimum Gasteiger partial charge on any atom is -0.465 e. The number of carbonyl (C=O) groups excluding carboxylic acids is 1. The Bertz CT molecular complexity index is 483. The van der Waals surface area contributed by atoms with Gasteiger partial charge in [0.2, 0.25) is 0 Å². The van der Waals surface area contributed by atoms with Gasteiger partial charge in [0.25, 0.3) is 0 Å². The van der Waals surface area contributed by atoms with Crippen molar-refractivity contribution in [3.63, 3.8) is 0 Å². The van der Waals surface area contributed by atoms with Crippen LogP contribution in [0.5, 0.6) is 0 Å². The maximum absolute atomic E-state index is 11.6. The zero-order valence-corrected chi connectivity index (χ0v) is 10.6. The van der Waals surface area contributed by atoms with Gasteiger partial charge in [-0.15, -0.1) is 0 Å². The van der Waals surface area contributed by atoms with Crippen LogP contribution in [0.1, 0.15) is 12.8 Å². The van der Waals surface area contributed by atoms with Crippen LogP contribution in [-0.2, 0) is 0 Å². The lowest BCUT2D eigenvalue weighted by atomic mass is 10.1. The summed E-state index contributed by atoms with van der Waals surface area (Å²) >= 11 is 0. The fraction of sp³-hybridized carbons (Fsp3) is 0.545. The highest BCUT2D eigenvalue weighted by atomic mass is 16.4. The summed E-state index contributed by atoms with van der Waals surface area (Å²) in [4.78, 5) is 23.6. The summed E-state index contributed by atoms with van der Waals surface area (Å²) in [6.45, 7) is 0.659. The van der Waals surface area contributed by atoms with Crippen molar-refractivity contribution in [2.45, 2.75) is 24.9 Å². The average molecular weight is 278 g/mol. The van der Waals surface area contributed by atoms with E-state index in [1.807, 2.05) is 0 Å². The second kappa shape index (κ2) is 6.95. The van der Waals surface area contributed by atoms with Crippen LogP contribution in [0.15, 0.2) is 0 Å². The van der Waals surface area contributed by atoms with Crippen LogP contribution in [0.2, 0.25) is 0 Å². The molecule has 0 aliphatic carbocycles. The van der Waals surface area contributed by atoms with Crippen molar-refractivity contribution in [2.24, 2.45) is 0 Å². The number of hydrogen-bond donors (Lipinski definition) is 4. The van der Waals surface area contributed by atoms with E-state index < -0.39 is 23.9 Å². The van der Waals surface area contributed by atoms with Crippen LogP contribution in [-0.4, -0.2) is 53.0 Å². The van der Waals surface area contributed by atoms with Crippen LogP contribution in [0.25, 0.3) is 0 Å². The maximum atomic E-state index is 11.6. The minimum atomic E-state index is -1.28. The molecule has 0 radical (unpaired) electrons. The molecule has 0 aromatic rings. The van der Waals surface area contributed by atoms with E-state index in [-0.39, 0.29) is 6.04 Å². The van der Waals surface area contributed by atoms with E-state index in [4.69, 9.17) is 21.0 Å². The molecule has 3 amide bonds. The molecule has 0 saturated carbocycles. The summed E-state index contributed by atoms with van der Waals surface area (Å²) < 4.78 is 0. The molecule has 1 aliphatic rings. The van der Waals surface area contributed by atoms with E-state index >= 15 is 0 Å². The number of rotatable bonds is 3. The van der Waals surface area contributed by atoms with E-state index in [0.29, 0.717) is 25.9 Å².